The number of hydrogen-bond acceptors (Lipinski definition) is 1. The van der Waals surface area contributed by atoms with Gasteiger partial charge in [0.1, 0.15) is 11.2 Å². The van der Waals surface area contributed by atoms with Crippen molar-refractivity contribution in [1.29, 1.82) is 0 Å². The van der Waals surface area contributed by atoms with E-state index in [0.717, 1.165) is 27.5 Å². The predicted octanol–water partition coefficient (Wildman–Crippen LogP) is 9.99. The number of aromatic nitrogens is 1. The van der Waals surface area contributed by atoms with Crippen molar-refractivity contribution in [2.24, 2.45) is 0 Å². The largest absolute Gasteiger partial charge is 0.455 e. The van der Waals surface area contributed by atoms with Crippen molar-refractivity contribution < 1.29 is 4.42 Å². The van der Waals surface area contributed by atoms with Crippen molar-refractivity contribution in [3.05, 3.63) is 174 Å². The lowest BCUT2D eigenvalue weighted by Gasteiger charge is -2.45. The molecule has 4 heterocycles. The van der Waals surface area contributed by atoms with Gasteiger partial charge in [0.15, 0.2) is 0 Å². The van der Waals surface area contributed by atoms with Gasteiger partial charge in [0.2, 0.25) is 0 Å². The lowest BCUT2D eigenvalue weighted by molar-refractivity contribution is 0.670. The molecule has 0 fully saturated rings. The van der Waals surface area contributed by atoms with Gasteiger partial charge in [-0.05, 0) is 62.7 Å². The summed E-state index contributed by atoms with van der Waals surface area (Å²) >= 11 is 0. The van der Waals surface area contributed by atoms with E-state index in [1.165, 1.54) is 65.9 Å². The second-order valence-electron chi connectivity index (χ2n) is 12.5. The molecule has 214 valence electrons. The van der Waals surface area contributed by atoms with E-state index in [0.29, 0.717) is 8.58 Å². The molecule has 0 aliphatic carbocycles. The maximum Gasteiger partial charge on any atom is 0.143 e. The zero-order valence-electron chi connectivity index (χ0n) is 24.8. The maximum atomic E-state index is 6.50. The average Bonchev–Trinajstić information content (AvgIpc) is 3.67. The second-order valence-corrected chi connectivity index (χ2v) is 13.9. The van der Waals surface area contributed by atoms with Gasteiger partial charge < -0.3 is 8.98 Å². The molecule has 1 spiro atoms. The van der Waals surface area contributed by atoms with Crippen LogP contribution in [0.2, 0.25) is 0 Å². The van der Waals surface area contributed by atoms with Crippen molar-refractivity contribution >= 4 is 62.9 Å². The van der Waals surface area contributed by atoms with Crippen LogP contribution in [0.25, 0.3) is 60.6 Å². The standard InChI is InChI=1S/C43H26NOP/c1-5-19-36-28(11-1)30-14-10-18-35-41(30)44(36)37-20-6-3-16-32(37)43(35)33-17-4-8-22-39(33)46-40-25-26(23-24-34(40)43)27-13-9-15-31-29-12-2-7-21-38(29)45-42(27)31/h1-25,46H. The molecule has 0 amide bonds. The Balaban J connectivity index is 1.26. The van der Waals surface area contributed by atoms with Crippen molar-refractivity contribution in [1.82, 2.24) is 4.57 Å². The van der Waals surface area contributed by atoms with Gasteiger partial charge in [-0.3, -0.25) is 0 Å². The summed E-state index contributed by atoms with van der Waals surface area (Å²) in [6.07, 6.45) is 0. The summed E-state index contributed by atoms with van der Waals surface area (Å²) in [4.78, 5) is 0. The van der Waals surface area contributed by atoms with Crippen molar-refractivity contribution in [2.45, 2.75) is 5.41 Å². The highest BCUT2D eigenvalue weighted by Gasteiger charge is 2.49. The Kier molecular flexibility index (Phi) is 4.78. The Morgan fingerprint density at radius 3 is 2.15 bits per heavy atom. The third kappa shape index (κ3) is 2.96. The molecule has 0 saturated heterocycles. The van der Waals surface area contributed by atoms with E-state index >= 15 is 0 Å². The molecule has 2 aromatic heterocycles. The summed E-state index contributed by atoms with van der Waals surface area (Å²) in [7, 11) is 0.555. The normalized spacial score (nSPS) is 16.8. The SMILES string of the molecule is c1ccc2c(c1)Pc1cc(-c3cccc4c3oc3ccccc34)ccc1C21c2ccccc2-n2c3ccccc3c3cccc1c32. The number of furan rings is 1. The first kappa shape index (κ1) is 24.8. The first-order chi connectivity index (χ1) is 22.8. The molecule has 46 heavy (non-hydrogen) atoms. The van der Waals surface area contributed by atoms with E-state index in [-0.39, 0.29) is 0 Å². The number of nitrogens with zero attached hydrogens (tertiary/aromatic N) is 1. The van der Waals surface area contributed by atoms with E-state index in [9.17, 15) is 0 Å². The fraction of sp³-hybridized carbons (Fsp3) is 0.0233. The first-order valence-corrected chi connectivity index (χ1v) is 16.9. The molecule has 2 unspecified atom stereocenters. The zero-order valence-corrected chi connectivity index (χ0v) is 25.8. The van der Waals surface area contributed by atoms with Crippen LogP contribution in [0.4, 0.5) is 0 Å². The molecule has 0 bridgehead atoms. The third-order valence-electron chi connectivity index (χ3n) is 10.4. The van der Waals surface area contributed by atoms with Crippen LogP contribution in [-0.2, 0) is 5.41 Å². The summed E-state index contributed by atoms with van der Waals surface area (Å²) in [6.45, 7) is 0. The van der Waals surface area contributed by atoms with E-state index < -0.39 is 5.41 Å². The summed E-state index contributed by atoms with van der Waals surface area (Å²) in [5.41, 5.74) is 13.1. The number of para-hydroxylation sites is 5. The van der Waals surface area contributed by atoms with Gasteiger partial charge in [-0.15, -0.1) is 0 Å². The monoisotopic (exact) mass is 603 g/mol. The minimum Gasteiger partial charge on any atom is -0.455 e. The van der Waals surface area contributed by atoms with E-state index in [1.807, 2.05) is 6.07 Å². The molecule has 11 rings (SSSR count). The molecule has 2 atom stereocenters. The maximum absolute atomic E-state index is 6.50. The van der Waals surface area contributed by atoms with E-state index in [4.69, 9.17) is 4.42 Å². The molecule has 0 radical (unpaired) electrons. The summed E-state index contributed by atoms with van der Waals surface area (Å²) in [5, 5.41) is 7.73. The molecule has 3 heteroatoms. The number of fused-ring (bicyclic) bond motifs is 14. The van der Waals surface area contributed by atoms with Gasteiger partial charge >= 0.3 is 0 Å². The Morgan fingerprint density at radius 2 is 1.20 bits per heavy atom. The lowest BCUT2D eigenvalue weighted by atomic mass is 9.62. The van der Waals surface area contributed by atoms with Crippen LogP contribution < -0.4 is 10.6 Å². The van der Waals surface area contributed by atoms with Crippen molar-refractivity contribution in [3.63, 3.8) is 0 Å². The smallest absolute Gasteiger partial charge is 0.143 e. The van der Waals surface area contributed by atoms with Crippen LogP contribution in [0.3, 0.4) is 0 Å². The molecule has 0 saturated carbocycles. The number of hydrogen-bond donors (Lipinski definition) is 0. The number of rotatable bonds is 1. The van der Waals surface area contributed by atoms with Gasteiger partial charge in [-0.25, -0.2) is 0 Å². The molecule has 9 aromatic rings. The lowest BCUT2D eigenvalue weighted by Crippen LogP contribution is -2.44. The fourth-order valence-electron chi connectivity index (χ4n) is 8.61. The van der Waals surface area contributed by atoms with Crippen molar-refractivity contribution in [3.8, 4) is 16.8 Å². The highest BCUT2D eigenvalue weighted by atomic mass is 31.1. The van der Waals surface area contributed by atoms with Gasteiger partial charge in [-0.1, -0.05) is 136 Å². The second kappa shape index (κ2) is 8.85. The average molecular weight is 604 g/mol. The third-order valence-corrected chi connectivity index (χ3v) is 11.8. The molecular weight excluding hydrogens is 577 g/mol. The van der Waals surface area contributed by atoms with Gasteiger partial charge in [0, 0.05) is 27.1 Å². The van der Waals surface area contributed by atoms with Crippen molar-refractivity contribution in [2.75, 3.05) is 0 Å². The van der Waals surface area contributed by atoms with Gasteiger partial charge in [0.25, 0.3) is 0 Å². The fourth-order valence-corrected chi connectivity index (χ4v) is 10.1. The van der Waals surface area contributed by atoms with Gasteiger partial charge in [-0.2, -0.15) is 0 Å². The van der Waals surface area contributed by atoms with E-state index in [2.05, 4.69) is 150 Å². The highest BCUT2D eigenvalue weighted by molar-refractivity contribution is 7.56. The van der Waals surface area contributed by atoms with Crippen LogP contribution >= 0.6 is 8.58 Å². The molecule has 2 aliphatic rings. The van der Waals surface area contributed by atoms with Crippen LogP contribution in [0.5, 0.6) is 0 Å². The zero-order chi connectivity index (χ0) is 30.0. The minimum atomic E-state index is -0.443. The highest BCUT2D eigenvalue weighted by Crippen LogP contribution is 2.56. The van der Waals surface area contributed by atoms with Crippen LogP contribution in [0, 0.1) is 0 Å². The summed E-state index contributed by atoms with van der Waals surface area (Å²) in [5.74, 6) is 0. The Bertz CT molecular complexity index is 2750. The molecule has 2 nitrogen and oxygen atoms in total. The quantitative estimate of drug-likeness (QED) is 0.171. The topological polar surface area (TPSA) is 18.1 Å². The van der Waals surface area contributed by atoms with Crippen LogP contribution in [-0.4, -0.2) is 4.57 Å². The minimum absolute atomic E-state index is 0.443. The number of benzene rings is 7. The molecular formula is C43H26NOP. The first-order valence-electron chi connectivity index (χ1n) is 15.9. The molecule has 0 N–H and O–H groups in total. The summed E-state index contributed by atoms with van der Waals surface area (Å²) < 4.78 is 9.01. The van der Waals surface area contributed by atoms with Crippen LogP contribution in [0.1, 0.15) is 22.3 Å². The summed E-state index contributed by atoms with van der Waals surface area (Å²) in [6, 6.07) is 56.1. The molecule has 7 aromatic carbocycles. The Labute approximate surface area is 267 Å². The van der Waals surface area contributed by atoms with Crippen LogP contribution in [0.15, 0.2) is 156 Å². The molecule has 2 aliphatic heterocycles. The predicted molar refractivity (Wildman–Crippen MR) is 193 cm³/mol. The van der Waals surface area contributed by atoms with Gasteiger partial charge in [0.05, 0.1) is 22.1 Å². The van der Waals surface area contributed by atoms with E-state index in [1.54, 1.807) is 0 Å². The Hall–Kier alpha value is -5.43. The Morgan fingerprint density at radius 1 is 0.500 bits per heavy atom.